The second kappa shape index (κ2) is 9.78. The van der Waals surface area contributed by atoms with Crippen molar-refractivity contribution < 1.29 is 14.3 Å². The smallest absolute Gasteiger partial charge is 0.407 e. The normalized spacial score (nSPS) is 10.2. The number of aromatic nitrogens is 1. The maximum atomic E-state index is 12.2. The highest BCUT2D eigenvalue weighted by Crippen LogP contribution is 2.10. The summed E-state index contributed by atoms with van der Waals surface area (Å²) in [6, 6.07) is 11.3. The van der Waals surface area contributed by atoms with Crippen molar-refractivity contribution >= 4 is 27.9 Å². The monoisotopic (exact) mass is 405 g/mol. The Morgan fingerprint density at radius 3 is 2.64 bits per heavy atom. The number of ether oxygens (including phenoxy) is 1. The predicted molar refractivity (Wildman–Crippen MR) is 98.3 cm³/mol. The van der Waals surface area contributed by atoms with E-state index in [1.54, 1.807) is 25.3 Å². The van der Waals surface area contributed by atoms with Crippen LogP contribution in [0.3, 0.4) is 0 Å². The molecular weight excluding hydrogens is 386 g/mol. The molecule has 132 valence electrons. The molecule has 2 N–H and O–H groups in total. The van der Waals surface area contributed by atoms with Crippen molar-refractivity contribution in [3.63, 3.8) is 0 Å². The molecule has 7 heteroatoms. The third-order valence-corrected chi connectivity index (χ3v) is 3.91. The fourth-order valence-corrected chi connectivity index (χ4v) is 2.40. The molecule has 0 saturated heterocycles. The van der Waals surface area contributed by atoms with E-state index in [2.05, 4.69) is 31.5 Å². The Morgan fingerprint density at radius 1 is 1.16 bits per heavy atom. The van der Waals surface area contributed by atoms with Gasteiger partial charge in [0.05, 0.1) is 18.8 Å². The lowest BCUT2D eigenvalue weighted by molar-refractivity contribution is 0.0954. The summed E-state index contributed by atoms with van der Waals surface area (Å²) in [6.07, 6.45) is 1.79. The largest absolute Gasteiger partial charge is 0.450 e. The molecule has 2 rings (SSSR count). The summed E-state index contributed by atoms with van der Waals surface area (Å²) in [6.45, 7) is 2.79. The first kappa shape index (κ1) is 18.9. The highest BCUT2D eigenvalue weighted by atomic mass is 79.9. The van der Waals surface area contributed by atoms with E-state index in [4.69, 9.17) is 4.74 Å². The zero-order valence-electron chi connectivity index (χ0n) is 13.9. The van der Waals surface area contributed by atoms with Gasteiger partial charge in [0.2, 0.25) is 0 Å². The summed E-state index contributed by atoms with van der Waals surface area (Å²) in [7, 11) is 0. The van der Waals surface area contributed by atoms with Crippen LogP contribution in [0.2, 0.25) is 0 Å². The van der Waals surface area contributed by atoms with Crippen LogP contribution in [0.4, 0.5) is 4.79 Å². The third kappa shape index (κ3) is 6.54. The number of nitrogens with zero attached hydrogens (tertiary/aromatic N) is 1. The second-order valence-electron chi connectivity index (χ2n) is 5.24. The number of alkyl carbamates (subject to hydrolysis) is 1. The Labute approximate surface area is 155 Å². The molecular formula is C18H20BrN3O3. The number of hydrogen-bond donors (Lipinski definition) is 2. The van der Waals surface area contributed by atoms with Crippen LogP contribution >= 0.6 is 15.9 Å². The van der Waals surface area contributed by atoms with Gasteiger partial charge < -0.3 is 15.4 Å². The molecule has 0 atom stereocenters. The lowest BCUT2D eigenvalue weighted by Crippen LogP contribution is -2.27. The molecule has 0 aliphatic carbocycles. The molecule has 0 fully saturated rings. The Kier molecular flexibility index (Phi) is 7.40. The van der Waals surface area contributed by atoms with Crippen LogP contribution < -0.4 is 10.6 Å². The van der Waals surface area contributed by atoms with Crippen LogP contribution in [0, 0.1) is 0 Å². The number of hydrogen-bond acceptors (Lipinski definition) is 4. The molecule has 0 aliphatic heterocycles. The minimum absolute atomic E-state index is 0.170. The first-order valence-electron chi connectivity index (χ1n) is 7.96. The van der Waals surface area contributed by atoms with Gasteiger partial charge in [0.15, 0.2) is 0 Å². The Morgan fingerprint density at radius 2 is 1.92 bits per heavy atom. The first-order valence-corrected chi connectivity index (χ1v) is 8.76. The highest BCUT2D eigenvalue weighted by Gasteiger charge is 2.08. The fraction of sp³-hybridized carbons (Fsp3) is 0.278. The van der Waals surface area contributed by atoms with Crippen molar-refractivity contribution in [3.05, 3.63) is 63.9 Å². The van der Waals surface area contributed by atoms with Gasteiger partial charge in [-0.2, -0.15) is 0 Å². The maximum Gasteiger partial charge on any atom is 0.407 e. The zero-order valence-corrected chi connectivity index (χ0v) is 15.5. The van der Waals surface area contributed by atoms with Gasteiger partial charge in [-0.25, -0.2) is 4.79 Å². The number of benzene rings is 1. The van der Waals surface area contributed by atoms with Gasteiger partial charge in [0, 0.05) is 22.8 Å². The van der Waals surface area contributed by atoms with Crippen LogP contribution in [0.1, 0.15) is 28.5 Å². The van der Waals surface area contributed by atoms with E-state index in [9.17, 15) is 9.59 Å². The minimum Gasteiger partial charge on any atom is -0.450 e. The molecule has 2 aromatic rings. The average molecular weight is 406 g/mol. The Hall–Kier alpha value is -2.41. The van der Waals surface area contributed by atoms with Gasteiger partial charge in [-0.05, 0) is 43.2 Å². The SMILES string of the molecule is CCOC(=O)NCc1cc(C(=O)NCCc2ccc(Br)cc2)ccn1. The molecule has 0 spiro atoms. The van der Waals surface area contributed by atoms with Crippen molar-refractivity contribution in [2.45, 2.75) is 19.9 Å². The average Bonchev–Trinajstić information content (AvgIpc) is 2.62. The quantitative estimate of drug-likeness (QED) is 0.741. The molecule has 0 bridgehead atoms. The summed E-state index contributed by atoms with van der Waals surface area (Å²) >= 11 is 3.39. The van der Waals surface area contributed by atoms with Crippen molar-refractivity contribution in [3.8, 4) is 0 Å². The second-order valence-corrected chi connectivity index (χ2v) is 6.16. The summed E-state index contributed by atoms with van der Waals surface area (Å²) in [5.74, 6) is -0.170. The van der Waals surface area contributed by atoms with Gasteiger partial charge in [-0.3, -0.25) is 9.78 Å². The third-order valence-electron chi connectivity index (χ3n) is 3.38. The lowest BCUT2D eigenvalue weighted by Gasteiger charge is -2.08. The van der Waals surface area contributed by atoms with Crippen molar-refractivity contribution in [1.29, 1.82) is 0 Å². The molecule has 0 radical (unpaired) electrons. The fourth-order valence-electron chi connectivity index (χ4n) is 2.13. The maximum absolute atomic E-state index is 12.2. The van der Waals surface area contributed by atoms with Crippen LogP contribution in [0.25, 0.3) is 0 Å². The molecule has 0 unspecified atom stereocenters. The number of amides is 2. The van der Waals surface area contributed by atoms with Crippen molar-refractivity contribution in [2.24, 2.45) is 0 Å². The van der Waals surface area contributed by atoms with E-state index >= 15 is 0 Å². The van der Waals surface area contributed by atoms with E-state index in [0.717, 1.165) is 16.5 Å². The zero-order chi connectivity index (χ0) is 18.1. The summed E-state index contributed by atoms with van der Waals surface area (Å²) in [4.78, 5) is 27.6. The number of pyridine rings is 1. The number of rotatable bonds is 7. The summed E-state index contributed by atoms with van der Waals surface area (Å²) in [5.41, 5.74) is 2.25. The van der Waals surface area contributed by atoms with Crippen LogP contribution in [0.5, 0.6) is 0 Å². The van der Waals surface area contributed by atoms with Crippen LogP contribution in [-0.4, -0.2) is 30.1 Å². The number of nitrogens with one attached hydrogen (secondary N) is 2. The van der Waals surface area contributed by atoms with E-state index in [0.29, 0.717) is 24.4 Å². The van der Waals surface area contributed by atoms with Crippen LogP contribution in [-0.2, 0) is 17.7 Å². The van der Waals surface area contributed by atoms with E-state index in [-0.39, 0.29) is 12.5 Å². The molecule has 25 heavy (non-hydrogen) atoms. The van der Waals surface area contributed by atoms with Crippen molar-refractivity contribution in [1.82, 2.24) is 15.6 Å². The van der Waals surface area contributed by atoms with E-state index in [1.165, 1.54) is 0 Å². The highest BCUT2D eigenvalue weighted by molar-refractivity contribution is 9.10. The summed E-state index contributed by atoms with van der Waals surface area (Å²) in [5, 5.41) is 5.46. The van der Waals surface area contributed by atoms with Gasteiger partial charge in [0.1, 0.15) is 0 Å². The van der Waals surface area contributed by atoms with Crippen molar-refractivity contribution in [2.75, 3.05) is 13.2 Å². The minimum atomic E-state index is -0.506. The van der Waals surface area contributed by atoms with Gasteiger partial charge in [0.25, 0.3) is 5.91 Å². The summed E-state index contributed by atoms with van der Waals surface area (Å²) < 4.78 is 5.81. The molecule has 1 aromatic carbocycles. The number of halogens is 1. The Balaban J connectivity index is 1.83. The van der Waals surface area contributed by atoms with E-state index in [1.807, 2.05) is 24.3 Å². The lowest BCUT2D eigenvalue weighted by atomic mass is 10.1. The molecule has 1 aromatic heterocycles. The van der Waals surface area contributed by atoms with Gasteiger partial charge in [-0.15, -0.1) is 0 Å². The van der Waals surface area contributed by atoms with Crippen LogP contribution in [0.15, 0.2) is 47.1 Å². The number of carbonyl (C=O) groups is 2. The number of carbonyl (C=O) groups excluding carboxylic acids is 2. The molecule has 0 saturated carbocycles. The first-order chi connectivity index (χ1) is 12.1. The Bertz CT molecular complexity index is 720. The molecule has 2 amide bonds. The van der Waals surface area contributed by atoms with E-state index < -0.39 is 6.09 Å². The molecule has 0 aliphatic rings. The van der Waals surface area contributed by atoms with Gasteiger partial charge in [-0.1, -0.05) is 28.1 Å². The standard InChI is InChI=1S/C18H20BrN3O3/c1-2-25-18(24)22-12-16-11-14(8-10-20-16)17(23)21-9-7-13-3-5-15(19)6-4-13/h3-6,8,10-11H,2,7,9,12H2,1H3,(H,21,23)(H,22,24). The predicted octanol–water partition coefficient (Wildman–Crippen LogP) is 3.06. The topological polar surface area (TPSA) is 80.3 Å². The molecule has 1 heterocycles. The van der Waals surface area contributed by atoms with Gasteiger partial charge >= 0.3 is 6.09 Å². The molecule has 6 nitrogen and oxygen atoms in total.